The zero-order chi connectivity index (χ0) is 17.7. The summed E-state index contributed by atoms with van der Waals surface area (Å²) in [5, 5.41) is 13.8. The third-order valence-corrected chi connectivity index (χ3v) is 4.09. The number of nitrogens with one attached hydrogen (secondary N) is 2. The van der Waals surface area contributed by atoms with Gasteiger partial charge in [-0.3, -0.25) is 0 Å². The van der Waals surface area contributed by atoms with Crippen LogP contribution < -0.4 is 15.5 Å². The van der Waals surface area contributed by atoms with E-state index in [1.165, 1.54) is 5.56 Å². The molecular weight excluding hydrogens is 323 g/mol. The lowest BCUT2D eigenvalue weighted by atomic mass is 10.2. The molecule has 0 radical (unpaired) electrons. The Hall–Kier alpha value is -1.96. The van der Waals surface area contributed by atoms with Crippen molar-refractivity contribution >= 4 is 11.7 Å². The fraction of sp³-hybridized carbons (Fsp3) is 0.562. The lowest BCUT2D eigenvalue weighted by Gasteiger charge is -2.27. The number of rotatable bonds is 6. The molecule has 1 aliphatic heterocycles. The molecule has 8 heteroatoms. The number of benzene rings is 1. The smallest absolute Gasteiger partial charge is 0.384 e. The van der Waals surface area contributed by atoms with Gasteiger partial charge in [-0.05, 0) is 31.4 Å². The van der Waals surface area contributed by atoms with Crippen LogP contribution in [0.3, 0.4) is 0 Å². The van der Waals surface area contributed by atoms with Crippen LogP contribution in [0.2, 0.25) is 0 Å². The van der Waals surface area contributed by atoms with Gasteiger partial charge in [-0.25, -0.2) is 4.79 Å². The molecule has 0 bridgehead atoms. The fourth-order valence-corrected chi connectivity index (χ4v) is 2.72. The van der Waals surface area contributed by atoms with Crippen LogP contribution in [-0.2, 0) is 6.42 Å². The van der Waals surface area contributed by atoms with Gasteiger partial charge in [-0.2, -0.15) is 13.2 Å². The van der Waals surface area contributed by atoms with Crippen molar-refractivity contribution in [3.05, 3.63) is 29.8 Å². The number of para-hydroxylation sites is 1. The Morgan fingerprint density at radius 1 is 1.33 bits per heavy atom. The molecule has 0 aromatic heterocycles. The Labute approximate surface area is 138 Å². The van der Waals surface area contributed by atoms with Gasteiger partial charge in [0.25, 0.3) is 0 Å². The van der Waals surface area contributed by atoms with E-state index in [4.69, 9.17) is 5.11 Å². The van der Waals surface area contributed by atoms with Gasteiger partial charge in [0.15, 0.2) is 6.10 Å². The van der Waals surface area contributed by atoms with E-state index < -0.39 is 24.7 Å². The summed E-state index contributed by atoms with van der Waals surface area (Å²) in [5.74, 6) is 0. The van der Waals surface area contributed by atoms with Crippen LogP contribution in [0.1, 0.15) is 18.9 Å². The molecule has 5 nitrogen and oxygen atoms in total. The Balaban J connectivity index is 1.71. The minimum Gasteiger partial charge on any atom is -0.384 e. The van der Waals surface area contributed by atoms with Gasteiger partial charge in [0, 0.05) is 31.4 Å². The molecule has 0 spiro atoms. The minimum absolute atomic E-state index is 0.0696. The molecule has 0 saturated heterocycles. The number of anilines is 1. The molecule has 134 valence electrons. The predicted molar refractivity (Wildman–Crippen MR) is 85.0 cm³/mol. The second kappa shape index (κ2) is 7.74. The summed E-state index contributed by atoms with van der Waals surface area (Å²) in [6.07, 6.45) is -6.68. The molecule has 0 aliphatic carbocycles. The predicted octanol–water partition coefficient (Wildman–Crippen LogP) is 2.05. The van der Waals surface area contributed by atoms with Crippen LogP contribution in [0.15, 0.2) is 24.3 Å². The van der Waals surface area contributed by atoms with Crippen molar-refractivity contribution in [2.24, 2.45) is 0 Å². The van der Waals surface area contributed by atoms with Gasteiger partial charge < -0.3 is 20.6 Å². The third-order valence-electron chi connectivity index (χ3n) is 4.09. The Morgan fingerprint density at radius 2 is 2.04 bits per heavy atom. The quantitative estimate of drug-likeness (QED) is 0.739. The fourth-order valence-electron chi connectivity index (χ4n) is 2.72. The second-order valence-corrected chi connectivity index (χ2v) is 5.90. The summed E-state index contributed by atoms with van der Waals surface area (Å²) < 4.78 is 36.4. The maximum atomic E-state index is 12.1. The van der Waals surface area contributed by atoms with Gasteiger partial charge in [0.05, 0.1) is 0 Å². The van der Waals surface area contributed by atoms with Crippen LogP contribution in [0.4, 0.5) is 23.7 Å². The number of hydrogen-bond donors (Lipinski definition) is 3. The molecule has 24 heavy (non-hydrogen) atoms. The van der Waals surface area contributed by atoms with Crippen LogP contribution in [-0.4, -0.2) is 49.1 Å². The van der Waals surface area contributed by atoms with E-state index in [9.17, 15) is 18.0 Å². The van der Waals surface area contributed by atoms with Crippen molar-refractivity contribution in [3.63, 3.8) is 0 Å². The zero-order valence-electron chi connectivity index (χ0n) is 13.4. The number of hydrogen-bond acceptors (Lipinski definition) is 3. The van der Waals surface area contributed by atoms with E-state index in [0.717, 1.165) is 18.7 Å². The molecule has 2 atom stereocenters. The Kier molecular flexibility index (Phi) is 5.93. The van der Waals surface area contributed by atoms with Gasteiger partial charge in [-0.1, -0.05) is 18.2 Å². The number of aliphatic hydroxyl groups is 1. The highest BCUT2D eigenvalue weighted by Crippen LogP contribution is 2.28. The van der Waals surface area contributed by atoms with Gasteiger partial charge in [-0.15, -0.1) is 0 Å². The summed E-state index contributed by atoms with van der Waals surface area (Å²) in [5.41, 5.74) is 2.43. The highest BCUT2D eigenvalue weighted by atomic mass is 19.4. The number of aliphatic hydroxyl groups excluding tert-OH is 1. The normalized spacial score (nSPS) is 16.5. The molecule has 0 unspecified atom stereocenters. The lowest BCUT2D eigenvalue weighted by Crippen LogP contribution is -2.45. The Morgan fingerprint density at radius 3 is 2.75 bits per heavy atom. The topological polar surface area (TPSA) is 64.6 Å². The summed E-state index contributed by atoms with van der Waals surface area (Å²) >= 11 is 0. The molecular formula is C16H22F3N3O2. The molecule has 0 fully saturated rings. The first-order valence-corrected chi connectivity index (χ1v) is 7.90. The second-order valence-electron chi connectivity index (χ2n) is 5.90. The molecule has 1 aromatic carbocycles. The number of alkyl halides is 3. The van der Waals surface area contributed by atoms with E-state index in [1.807, 2.05) is 25.1 Å². The first-order valence-electron chi connectivity index (χ1n) is 7.90. The first kappa shape index (κ1) is 18.4. The number of fused-ring (bicyclic) bond motifs is 1. The number of amides is 2. The van der Waals surface area contributed by atoms with Crippen molar-refractivity contribution in [2.75, 3.05) is 24.5 Å². The summed E-state index contributed by atoms with van der Waals surface area (Å²) in [7, 11) is 0. The van der Waals surface area contributed by atoms with Crippen molar-refractivity contribution in [2.45, 2.75) is 38.1 Å². The highest BCUT2D eigenvalue weighted by Gasteiger charge is 2.37. The van der Waals surface area contributed by atoms with Crippen molar-refractivity contribution < 1.29 is 23.1 Å². The zero-order valence-corrected chi connectivity index (χ0v) is 13.4. The van der Waals surface area contributed by atoms with Crippen LogP contribution in [0, 0.1) is 0 Å². The molecule has 1 heterocycles. The summed E-state index contributed by atoms with van der Waals surface area (Å²) in [6.45, 7) is 2.99. The van der Waals surface area contributed by atoms with E-state index in [1.54, 1.807) is 0 Å². The van der Waals surface area contributed by atoms with Crippen LogP contribution in [0.5, 0.6) is 0 Å². The van der Waals surface area contributed by atoms with Crippen LogP contribution in [0.25, 0.3) is 0 Å². The number of urea groups is 1. The number of nitrogens with zero attached hydrogens (tertiary/aromatic N) is 1. The Bertz CT molecular complexity index is 566. The maximum absolute atomic E-state index is 12.1. The maximum Gasteiger partial charge on any atom is 0.414 e. The monoisotopic (exact) mass is 345 g/mol. The number of carbonyl (C=O) groups is 1. The van der Waals surface area contributed by atoms with E-state index in [-0.39, 0.29) is 12.6 Å². The largest absolute Gasteiger partial charge is 0.414 e. The van der Waals surface area contributed by atoms with Gasteiger partial charge in [0.1, 0.15) is 0 Å². The standard InChI is InChI=1S/C16H22F3N3O2/c1-11(22-9-7-12-4-2-3-5-13(12)22)10-21-15(24)20-8-6-14(23)16(17,18)19/h2-5,11,14,23H,6-10H2,1H3,(H2,20,21,24)/t11-,14+/m0/s1. The third kappa shape index (κ3) is 4.77. The molecule has 1 aliphatic rings. The lowest BCUT2D eigenvalue weighted by molar-refractivity contribution is -0.204. The summed E-state index contributed by atoms with van der Waals surface area (Å²) in [4.78, 5) is 13.8. The molecule has 2 amide bonds. The van der Waals surface area contributed by atoms with E-state index in [2.05, 4.69) is 21.6 Å². The van der Waals surface area contributed by atoms with E-state index >= 15 is 0 Å². The summed E-state index contributed by atoms with van der Waals surface area (Å²) in [6, 6.07) is 7.61. The highest BCUT2D eigenvalue weighted by molar-refractivity contribution is 5.74. The molecule has 3 N–H and O–H groups in total. The average Bonchev–Trinajstić information content (AvgIpc) is 2.95. The number of halogens is 3. The minimum atomic E-state index is -4.66. The number of carbonyl (C=O) groups excluding carboxylic acids is 1. The van der Waals surface area contributed by atoms with Crippen LogP contribution >= 0.6 is 0 Å². The van der Waals surface area contributed by atoms with Crippen molar-refractivity contribution in [3.8, 4) is 0 Å². The SMILES string of the molecule is C[C@@H](CNC(=O)NCC[C@@H](O)C(F)(F)F)N1CCc2ccccc21. The average molecular weight is 345 g/mol. The molecule has 0 saturated carbocycles. The van der Waals surface area contributed by atoms with Crippen molar-refractivity contribution in [1.82, 2.24) is 10.6 Å². The van der Waals surface area contributed by atoms with Gasteiger partial charge >= 0.3 is 12.2 Å². The molecule has 1 aromatic rings. The molecule has 2 rings (SSSR count). The van der Waals surface area contributed by atoms with Gasteiger partial charge in [0.2, 0.25) is 0 Å². The first-order chi connectivity index (χ1) is 11.3. The van der Waals surface area contributed by atoms with Crippen molar-refractivity contribution in [1.29, 1.82) is 0 Å². The van der Waals surface area contributed by atoms with E-state index in [0.29, 0.717) is 6.54 Å².